The lowest BCUT2D eigenvalue weighted by Crippen LogP contribution is -2.06. The molecule has 2 N–H and O–H groups in total. The van der Waals surface area contributed by atoms with Gasteiger partial charge in [-0.15, -0.1) is 0 Å². The normalized spacial score (nSPS) is 10.4. The number of phenolic OH excluding ortho intramolecular Hbond substituents is 1. The second-order valence-corrected chi connectivity index (χ2v) is 4.58. The van der Waals surface area contributed by atoms with Crippen molar-refractivity contribution < 1.29 is 18.8 Å². The summed E-state index contributed by atoms with van der Waals surface area (Å²) in [7, 11) is 0. The highest BCUT2D eigenvalue weighted by Crippen LogP contribution is 2.30. The molecule has 0 saturated heterocycles. The molecule has 0 aliphatic rings. The molecule has 0 fully saturated rings. The van der Waals surface area contributed by atoms with Crippen LogP contribution in [0.5, 0.6) is 5.75 Å². The van der Waals surface area contributed by atoms with Crippen molar-refractivity contribution in [1.29, 1.82) is 0 Å². The second kappa shape index (κ2) is 5.92. The molecule has 21 heavy (non-hydrogen) atoms. The van der Waals surface area contributed by atoms with Crippen LogP contribution in [0.25, 0.3) is 0 Å². The molecule has 110 valence electrons. The minimum atomic E-state index is -1.36. The summed E-state index contributed by atoms with van der Waals surface area (Å²) in [4.78, 5) is 9.99. The molecule has 0 aliphatic carbocycles. The summed E-state index contributed by atoms with van der Waals surface area (Å²) in [6.45, 7) is -0.159. The number of nitrogens with zero attached hydrogens (tertiary/aromatic N) is 1. The van der Waals surface area contributed by atoms with Crippen molar-refractivity contribution in [3.63, 3.8) is 0 Å². The lowest BCUT2D eigenvalue weighted by molar-refractivity contribution is -0.384. The second-order valence-electron chi connectivity index (χ2n) is 4.14. The monoisotopic (exact) mass is 314 g/mol. The van der Waals surface area contributed by atoms with E-state index in [1.807, 2.05) is 0 Å². The smallest absolute Gasteiger partial charge is 0.295 e. The van der Waals surface area contributed by atoms with Crippen LogP contribution in [-0.2, 0) is 6.54 Å². The van der Waals surface area contributed by atoms with Crippen LogP contribution >= 0.6 is 11.6 Å². The van der Waals surface area contributed by atoms with Gasteiger partial charge in [0.15, 0.2) is 17.3 Å². The van der Waals surface area contributed by atoms with Crippen LogP contribution < -0.4 is 5.32 Å². The van der Waals surface area contributed by atoms with E-state index < -0.39 is 27.9 Å². The number of hydrogen-bond donors (Lipinski definition) is 2. The lowest BCUT2D eigenvalue weighted by Gasteiger charge is -2.10. The molecule has 0 saturated carbocycles. The maximum Gasteiger partial charge on any atom is 0.295 e. The van der Waals surface area contributed by atoms with Crippen molar-refractivity contribution in [2.45, 2.75) is 6.54 Å². The molecule has 8 heteroatoms. The predicted molar refractivity (Wildman–Crippen MR) is 73.5 cm³/mol. The number of aromatic hydroxyl groups is 1. The summed E-state index contributed by atoms with van der Waals surface area (Å²) in [5.74, 6) is -2.68. The third kappa shape index (κ3) is 3.19. The highest BCUT2D eigenvalue weighted by atomic mass is 35.5. The van der Waals surface area contributed by atoms with Crippen LogP contribution in [0.15, 0.2) is 30.3 Å². The third-order valence-electron chi connectivity index (χ3n) is 2.77. The first-order valence-corrected chi connectivity index (χ1v) is 6.11. The molecule has 0 radical (unpaired) electrons. The quantitative estimate of drug-likeness (QED) is 0.664. The lowest BCUT2D eigenvalue weighted by atomic mass is 10.2. The molecule has 0 aliphatic heterocycles. The number of benzene rings is 2. The Bertz CT molecular complexity index is 710. The summed E-state index contributed by atoms with van der Waals surface area (Å²) >= 11 is 5.76. The molecule has 2 aromatic carbocycles. The zero-order chi connectivity index (χ0) is 15.6. The fourth-order valence-electron chi connectivity index (χ4n) is 1.74. The zero-order valence-corrected chi connectivity index (χ0v) is 11.2. The summed E-state index contributed by atoms with van der Waals surface area (Å²) < 4.78 is 26.9. The van der Waals surface area contributed by atoms with Gasteiger partial charge in [0.25, 0.3) is 5.69 Å². The van der Waals surface area contributed by atoms with E-state index in [4.69, 9.17) is 11.6 Å². The number of nitro benzene ring substituents is 1. The van der Waals surface area contributed by atoms with Gasteiger partial charge in [-0.3, -0.25) is 10.1 Å². The van der Waals surface area contributed by atoms with Gasteiger partial charge >= 0.3 is 0 Å². The average Bonchev–Trinajstić information content (AvgIpc) is 2.43. The Kier molecular flexibility index (Phi) is 4.23. The van der Waals surface area contributed by atoms with Gasteiger partial charge in [0.1, 0.15) is 5.75 Å². The average molecular weight is 315 g/mol. The Balaban J connectivity index is 2.33. The molecular weight excluding hydrogens is 306 g/mol. The van der Waals surface area contributed by atoms with Crippen molar-refractivity contribution in [2.75, 3.05) is 5.32 Å². The van der Waals surface area contributed by atoms with E-state index in [0.29, 0.717) is 16.7 Å². The zero-order valence-electron chi connectivity index (χ0n) is 10.4. The molecule has 0 atom stereocenters. The molecule has 5 nitrogen and oxygen atoms in total. The maximum absolute atomic E-state index is 13.7. The van der Waals surface area contributed by atoms with Crippen LogP contribution in [0, 0.1) is 21.7 Å². The number of anilines is 1. The molecule has 2 aromatic rings. The molecule has 0 bridgehead atoms. The van der Waals surface area contributed by atoms with E-state index in [-0.39, 0.29) is 12.3 Å². The summed E-state index contributed by atoms with van der Waals surface area (Å²) in [5.41, 5.74) is -0.893. The van der Waals surface area contributed by atoms with Gasteiger partial charge in [0, 0.05) is 23.2 Å². The Morgan fingerprint density at radius 3 is 2.67 bits per heavy atom. The first kappa shape index (κ1) is 15.0. The number of rotatable bonds is 4. The van der Waals surface area contributed by atoms with E-state index in [9.17, 15) is 24.0 Å². The highest BCUT2D eigenvalue weighted by molar-refractivity contribution is 6.30. The fraction of sp³-hybridized carbons (Fsp3) is 0.0769. The predicted octanol–water partition coefficient (Wildman–Crippen LogP) is 3.84. The minimum absolute atomic E-state index is 0.119. The maximum atomic E-state index is 13.7. The van der Waals surface area contributed by atoms with Crippen LogP contribution in [0.4, 0.5) is 20.2 Å². The van der Waals surface area contributed by atoms with E-state index >= 15 is 0 Å². The van der Waals surface area contributed by atoms with Crippen molar-refractivity contribution >= 4 is 23.0 Å². The number of nitro groups is 1. The molecule has 2 rings (SSSR count). The minimum Gasteiger partial charge on any atom is -0.508 e. The van der Waals surface area contributed by atoms with Crippen molar-refractivity contribution in [3.05, 3.63) is 62.7 Å². The van der Waals surface area contributed by atoms with Gasteiger partial charge in [-0.05, 0) is 24.3 Å². The van der Waals surface area contributed by atoms with Gasteiger partial charge in [-0.25, -0.2) is 8.78 Å². The van der Waals surface area contributed by atoms with Gasteiger partial charge in [0.05, 0.1) is 4.92 Å². The van der Waals surface area contributed by atoms with Crippen LogP contribution in [-0.4, -0.2) is 10.0 Å². The number of hydrogen-bond acceptors (Lipinski definition) is 4. The van der Waals surface area contributed by atoms with Gasteiger partial charge in [-0.1, -0.05) is 11.6 Å². The highest BCUT2D eigenvalue weighted by Gasteiger charge is 2.21. The van der Waals surface area contributed by atoms with E-state index in [1.54, 1.807) is 0 Å². The standard InChI is InChI=1S/C13H9ClF2N2O3/c14-8-1-4-11(19)7(5-8)6-17-13-10(18(20)21)3-2-9(15)12(13)16/h1-5,17,19H,6H2. The van der Waals surface area contributed by atoms with Gasteiger partial charge in [-0.2, -0.15) is 0 Å². The van der Waals surface area contributed by atoms with E-state index in [0.717, 1.165) is 6.07 Å². The van der Waals surface area contributed by atoms with Gasteiger partial charge in [0.2, 0.25) is 0 Å². The SMILES string of the molecule is O=[N+]([O-])c1ccc(F)c(F)c1NCc1cc(Cl)ccc1O. The largest absolute Gasteiger partial charge is 0.508 e. The molecule has 0 aromatic heterocycles. The summed E-state index contributed by atoms with van der Waals surface area (Å²) in [6, 6.07) is 5.72. The Hall–Kier alpha value is -2.41. The van der Waals surface area contributed by atoms with Crippen molar-refractivity contribution in [2.24, 2.45) is 0 Å². The van der Waals surface area contributed by atoms with E-state index in [1.165, 1.54) is 18.2 Å². The number of halogens is 3. The summed E-state index contributed by atoms with van der Waals surface area (Å²) in [6.07, 6.45) is 0. The van der Waals surface area contributed by atoms with Crippen LogP contribution in [0.1, 0.15) is 5.56 Å². The molecular formula is C13H9ClF2N2O3. The fourth-order valence-corrected chi connectivity index (χ4v) is 1.93. The first-order chi connectivity index (χ1) is 9.90. The Morgan fingerprint density at radius 2 is 2.00 bits per heavy atom. The molecule has 0 unspecified atom stereocenters. The van der Waals surface area contributed by atoms with Crippen LogP contribution in [0.3, 0.4) is 0 Å². The number of phenols is 1. The molecule has 0 spiro atoms. The Morgan fingerprint density at radius 1 is 1.29 bits per heavy atom. The van der Waals surface area contributed by atoms with Gasteiger partial charge < -0.3 is 10.4 Å². The molecule has 0 amide bonds. The molecule has 0 heterocycles. The van der Waals surface area contributed by atoms with E-state index in [2.05, 4.69) is 5.32 Å². The van der Waals surface area contributed by atoms with Crippen molar-refractivity contribution in [3.8, 4) is 5.75 Å². The summed E-state index contributed by atoms with van der Waals surface area (Å²) in [5, 5.41) is 23.2. The van der Waals surface area contributed by atoms with Crippen LogP contribution in [0.2, 0.25) is 5.02 Å². The number of nitrogens with one attached hydrogen (secondary N) is 1. The third-order valence-corrected chi connectivity index (χ3v) is 3.00. The van der Waals surface area contributed by atoms with Crippen molar-refractivity contribution in [1.82, 2.24) is 0 Å². The first-order valence-electron chi connectivity index (χ1n) is 5.74. The Labute approximate surface area is 122 Å². The topological polar surface area (TPSA) is 75.4 Å².